The van der Waals surface area contributed by atoms with Crippen LogP contribution in [-0.2, 0) is 9.53 Å². The molecular formula is C14H13Cl2N3O2S. The Bertz CT molecular complexity index is 698. The van der Waals surface area contributed by atoms with E-state index in [0.29, 0.717) is 32.9 Å². The van der Waals surface area contributed by atoms with E-state index >= 15 is 0 Å². The van der Waals surface area contributed by atoms with Crippen LogP contribution in [0.3, 0.4) is 0 Å². The van der Waals surface area contributed by atoms with Gasteiger partial charge in [-0.15, -0.1) is 0 Å². The van der Waals surface area contributed by atoms with Crippen LogP contribution in [0, 0.1) is 0 Å². The maximum Gasteiger partial charge on any atom is 0.316 e. The van der Waals surface area contributed by atoms with E-state index in [1.807, 2.05) is 0 Å². The van der Waals surface area contributed by atoms with Gasteiger partial charge in [0.25, 0.3) is 0 Å². The smallest absolute Gasteiger partial charge is 0.316 e. The lowest BCUT2D eigenvalue weighted by atomic mass is 10.1. The van der Waals surface area contributed by atoms with Crippen LogP contribution in [0.25, 0.3) is 11.1 Å². The Labute approximate surface area is 142 Å². The Hall–Kier alpha value is -1.50. The number of hydrogen-bond donors (Lipinski definition) is 1. The summed E-state index contributed by atoms with van der Waals surface area (Å²) in [5.74, 6) is 0.0963. The molecule has 5 nitrogen and oxygen atoms in total. The predicted octanol–water partition coefficient (Wildman–Crippen LogP) is 3.69. The van der Waals surface area contributed by atoms with Crippen LogP contribution in [0.1, 0.15) is 6.92 Å². The molecule has 1 heterocycles. The van der Waals surface area contributed by atoms with E-state index < -0.39 is 0 Å². The number of hydrogen-bond acceptors (Lipinski definition) is 6. The number of aromatic nitrogens is 2. The number of anilines is 1. The molecule has 2 N–H and O–H groups in total. The molecule has 0 amide bonds. The number of carbonyl (C=O) groups excluding carboxylic acids is 1. The minimum absolute atomic E-state index is 0.133. The van der Waals surface area contributed by atoms with Crippen molar-refractivity contribution in [2.24, 2.45) is 0 Å². The first-order valence-electron chi connectivity index (χ1n) is 6.37. The van der Waals surface area contributed by atoms with Crippen molar-refractivity contribution in [2.45, 2.75) is 12.1 Å². The van der Waals surface area contributed by atoms with Gasteiger partial charge in [-0.2, -0.15) is 0 Å². The summed E-state index contributed by atoms with van der Waals surface area (Å²) >= 11 is 13.2. The third-order valence-electron chi connectivity index (χ3n) is 2.64. The summed E-state index contributed by atoms with van der Waals surface area (Å²) in [5, 5.41) is 1.41. The van der Waals surface area contributed by atoms with Gasteiger partial charge in [0.15, 0.2) is 5.16 Å². The van der Waals surface area contributed by atoms with Crippen molar-refractivity contribution in [2.75, 3.05) is 18.1 Å². The summed E-state index contributed by atoms with van der Waals surface area (Å²) in [6, 6.07) is 5.10. The lowest BCUT2D eigenvalue weighted by molar-refractivity contribution is -0.139. The molecule has 0 unspecified atom stereocenters. The second-order valence-corrected chi connectivity index (χ2v) is 5.96. The highest BCUT2D eigenvalue weighted by Crippen LogP contribution is 2.33. The quantitative estimate of drug-likeness (QED) is 0.499. The van der Waals surface area contributed by atoms with Crippen LogP contribution < -0.4 is 5.73 Å². The zero-order valence-electron chi connectivity index (χ0n) is 11.7. The van der Waals surface area contributed by atoms with Crippen molar-refractivity contribution >= 4 is 46.8 Å². The van der Waals surface area contributed by atoms with Gasteiger partial charge in [0.1, 0.15) is 5.82 Å². The van der Waals surface area contributed by atoms with E-state index in [0.717, 1.165) is 11.8 Å². The van der Waals surface area contributed by atoms with Crippen molar-refractivity contribution in [1.29, 1.82) is 0 Å². The van der Waals surface area contributed by atoms with Crippen LogP contribution in [0.15, 0.2) is 29.6 Å². The lowest BCUT2D eigenvalue weighted by Crippen LogP contribution is -2.07. The number of benzene rings is 1. The largest absolute Gasteiger partial charge is 0.465 e. The minimum atomic E-state index is -0.320. The molecule has 8 heteroatoms. The van der Waals surface area contributed by atoms with Crippen LogP contribution >= 0.6 is 35.0 Å². The van der Waals surface area contributed by atoms with E-state index in [2.05, 4.69) is 9.97 Å². The van der Waals surface area contributed by atoms with Gasteiger partial charge < -0.3 is 10.5 Å². The van der Waals surface area contributed by atoms with E-state index in [9.17, 15) is 4.79 Å². The Morgan fingerprint density at radius 3 is 2.77 bits per heavy atom. The summed E-state index contributed by atoms with van der Waals surface area (Å²) in [5.41, 5.74) is 7.27. The Kier molecular flexibility index (Phi) is 5.88. The number of esters is 1. The van der Waals surface area contributed by atoms with Crippen LogP contribution in [0.2, 0.25) is 10.0 Å². The molecule has 0 saturated carbocycles. The third kappa shape index (κ3) is 4.25. The summed E-state index contributed by atoms with van der Waals surface area (Å²) in [4.78, 5) is 19.7. The van der Waals surface area contributed by atoms with Crippen LogP contribution in [0.5, 0.6) is 0 Å². The Morgan fingerprint density at radius 2 is 2.14 bits per heavy atom. The van der Waals surface area contributed by atoms with Crippen molar-refractivity contribution in [3.8, 4) is 11.1 Å². The molecule has 1 aromatic heterocycles. The summed E-state index contributed by atoms with van der Waals surface area (Å²) < 4.78 is 4.84. The number of ether oxygens (including phenoxy) is 1. The Balaban J connectivity index is 2.17. The molecule has 0 spiro atoms. The second-order valence-electron chi connectivity index (χ2n) is 4.17. The SMILES string of the molecule is CCOC(=O)CSc1ncc(-c2ccc(Cl)cc2Cl)c(N)n1. The second kappa shape index (κ2) is 7.67. The highest BCUT2D eigenvalue weighted by molar-refractivity contribution is 7.99. The molecule has 22 heavy (non-hydrogen) atoms. The third-order valence-corrected chi connectivity index (χ3v) is 4.02. The molecule has 0 radical (unpaired) electrons. The van der Waals surface area contributed by atoms with E-state index in [1.54, 1.807) is 31.3 Å². The first kappa shape index (κ1) is 16.9. The molecule has 0 aliphatic rings. The highest BCUT2D eigenvalue weighted by Gasteiger charge is 2.12. The van der Waals surface area contributed by atoms with Gasteiger partial charge in [0.05, 0.1) is 17.4 Å². The highest BCUT2D eigenvalue weighted by atomic mass is 35.5. The van der Waals surface area contributed by atoms with E-state index in [1.165, 1.54) is 0 Å². The zero-order valence-corrected chi connectivity index (χ0v) is 14.0. The fraction of sp³-hybridized carbons (Fsp3) is 0.214. The zero-order chi connectivity index (χ0) is 16.1. The fourth-order valence-corrected chi connectivity index (χ4v) is 2.82. The minimum Gasteiger partial charge on any atom is -0.465 e. The summed E-state index contributed by atoms with van der Waals surface area (Å²) in [6.07, 6.45) is 1.57. The number of rotatable bonds is 5. The van der Waals surface area contributed by atoms with Crippen LogP contribution in [-0.4, -0.2) is 28.3 Å². The van der Waals surface area contributed by atoms with Gasteiger partial charge in [-0.05, 0) is 19.1 Å². The molecule has 116 valence electrons. The van der Waals surface area contributed by atoms with Crippen LogP contribution in [0.4, 0.5) is 5.82 Å². The fourth-order valence-electron chi connectivity index (χ4n) is 1.69. The Morgan fingerprint density at radius 1 is 1.36 bits per heavy atom. The topological polar surface area (TPSA) is 78.1 Å². The molecule has 2 rings (SSSR count). The monoisotopic (exact) mass is 357 g/mol. The number of carbonyl (C=O) groups is 1. The molecule has 0 aliphatic carbocycles. The van der Waals surface area contributed by atoms with Gasteiger partial charge in [-0.25, -0.2) is 9.97 Å². The van der Waals surface area contributed by atoms with Crippen molar-refractivity contribution in [3.05, 3.63) is 34.4 Å². The molecule has 0 aliphatic heterocycles. The summed E-state index contributed by atoms with van der Waals surface area (Å²) in [6.45, 7) is 2.10. The molecular weight excluding hydrogens is 345 g/mol. The van der Waals surface area contributed by atoms with Crippen molar-refractivity contribution < 1.29 is 9.53 Å². The number of nitrogens with zero attached hydrogens (tertiary/aromatic N) is 2. The predicted molar refractivity (Wildman–Crippen MR) is 89.3 cm³/mol. The lowest BCUT2D eigenvalue weighted by Gasteiger charge is -2.08. The number of nitrogens with two attached hydrogens (primary N) is 1. The van der Waals surface area contributed by atoms with Gasteiger partial charge in [0.2, 0.25) is 0 Å². The first-order chi connectivity index (χ1) is 10.5. The molecule has 2 aromatic rings. The van der Waals surface area contributed by atoms with Gasteiger partial charge in [-0.1, -0.05) is 41.0 Å². The maximum atomic E-state index is 11.3. The van der Waals surface area contributed by atoms with Gasteiger partial charge >= 0.3 is 5.97 Å². The van der Waals surface area contributed by atoms with Crippen molar-refractivity contribution in [3.63, 3.8) is 0 Å². The number of thioether (sulfide) groups is 1. The number of nitrogen functional groups attached to an aromatic ring is 1. The summed E-state index contributed by atoms with van der Waals surface area (Å²) in [7, 11) is 0. The molecule has 0 atom stereocenters. The normalized spacial score (nSPS) is 10.5. The standard InChI is InChI=1S/C14H13Cl2N3O2S/c1-2-21-12(20)7-22-14-18-6-10(13(17)19-14)9-4-3-8(15)5-11(9)16/h3-6H,2,7H2,1H3,(H2,17,18,19). The van der Waals surface area contributed by atoms with Gasteiger partial charge in [0, 0.05) is 22.3 Å². The van der Waals surface area contributed by atoms with Crippen molar-refractivity contribution in [1.82, 2.24) is 9.97 Å². The van der Waals surface area contributed by atoms with E-state index in [4.69, 9.17) is 33.7 Å². The van der Waals surface area contributed by atoms with Gasteiger partial charge in [-0.3, -0.25) is 4.79 Å². The van der Waals surface area contributed by atoms with E-state index in [-0.39, 0.29) is 17.5 Å². The average molecular weight is 358 g/mol. The molecule has 0 saturated heterocycles. The molecule has 1 aromatic carbocycles. The number of halogens is 2. The first-order valence-corrected chi connectivity index (χ1v) is 8.11. The molecule has 0 bridgehead atoms. The average Bonchev–Trinajstić information content (AvgIpc) is 2.46. The molecule has 0 fully saturated rings. The maximum absolute atomic E-state index is 11.3.